The van der Waals surface area contributed by atoms with Gasteiger partial charge in [-0.25, -0.2) is 25.6 Å². The number of anilines is 1. The Morgan fingerprint density at radius 1 is 0.781 bits per heavy atom. The van der Waals surface area contributed by atoms with Gasteiger partial charge in [-0.2, -0.15) is 26.0 Å². The van der Waals surface area contributed by atoms with Gasteiger partial charge in [-0.15, -0.1) is 0 Å². The molecule has 0 aromatic heterocycles. The van der Waals surface area contributed by atoms with Crippen molar-refractivity contribution >= 4 is 35.9 Å². The number of nitrogens with one attached hydrogen (secondary N) is 2. The minimum atomic E-state index is -6.87. The second kappa shape index (κ2) is 8.18. The van der Waals surface area contributed by atoms with Gasteiger partial charge in [0.25, 0.3) is 30.2 Å². The van der Waals surface area contributed by atoms with E-state index in [2.05, 4.69) is 0 Å². The van der Waals surface area contributed by atoms with Gasteiger partial charge < -0.3 is 5.32 Å². The molecule has 9 nitrogen and oxygen atoms in total. The molecule has 3 N–H and O–H groups in total. The summed E-state index contributed by atoms with van der Waals surface area (Å²) >= 11 is 0. The molecule has 0 aliphatic heterocycles. The molecule has 18 heteroatoms. The van der Waals surface area contributed by atoms with E-state index < -0.39 is 68.6 Å². The zero-order valence-corrected chi connectivity index (χ0v) is 17.4. The van der Waals surface area contributed by atoms with Crippen LogP contribution in [0.5, 0.6) is 0 Å². The third-order valence-electron chi connectivity index (χ3n) is 3.50. The molecule has 2 aromatic rings. The largest absolute Gasteiger partial charge is 0.442 e. The fourth-order valence-electron chi connectivity index (χ4n) is 2.18. The molecule has 0 amide bonds. The van der Waals surface area contributed by atoms with Gasteiger partial charge in [0.05, 0.1) is 0 Å². The Hall–Kier alpha value is -2.41. The molecule has 178 valence electrons. The molecule has 0 radical (unpaired) electrons. The van der Waals surface area contributed by atoms with Crippen LogP contribution in [0.15, 0.2) is 52.3 Å². The van der Waals surface area contributed by atoms with E-state index in [-0.39, 0.29) is 22.3 Å². The highest BCUT2D eigenvalue weighted by molar-refractivity contribution is 8.05. The van der Waals surface area contributed by atoms with Crippen molar-refractivity contribution in [2.75, 3.05) is 5.32 Å². The molecule has 32 heavy (non-hydrogen) atoms. The van der Waals surface area contributed by atoms with Crippen molar-refractivity contribution in [1.82, 2.24) is 4.13 Å². The molecule has 0 saturated carbocycles. The van der Waals surface area contributed by atoms with E-state index in [1.165, 1.54) is 0 Å². The number of rotatable bonds is 8. The average Bonchev–Trinajstić information content (AvgIpc) is 2.58. The molecule has 0 fully saturated rings. The molecule has 0 aliphatic rings. The third-order valence-corrected chi connectivity index (χ3v) is 8.17. The monoisotopic (exact) mass is 528 g/mol. The summed E-state index contributed by atoms with van der Waals surface area (Å²) in [5.41, 5.74) is -1.32. The fraction of sp³-hybridized carbons (Fsp3) is 0.143. The number of benzene rings is 2. The van der Waals surface area contributed by atoms with Gasteiger partial charge in [0.1, 0.15) is 21.4 Å². The van der Waals surface area contributed by atoms with Crippen molar-refractivity contribution < 1.29 is 56.1 Å². The maximum atomic E-state index is 14.2. The molecule has 0 spiro atoms. The summed E-state index contributed by atoms with van der Waals surface area (Å²) in [6.45, 7) is 0. The second-order valence-electron chi connectivity index (χ2n) is 5.89. The first-order valence-corrected chi connectivity index (χ1v) is 12.1. The molecule has 0 aliphatic carbocycles. The van der Waals surface area contributed by atoms with E-state index in [9.17, 15) is 51.6 Å². The lowest BCUT2D eigenvalue weighted by Crippen LogP contribution is -2.56. The van der Waals surface area contributed by atoms with Gasteiger partial charge in [0, 0.05) is 11.8 Å². The van der Waals surface area contributed by atoms with Crippen molar-refractivity contribution in [3.8, 4) is 0 Å². The summed E-state index contributed by atoms with van der Waals surface area (Å²) in [5.74, 6) is -2.98. The van der Waals surface area contributed by atoms with Crippen molar-refractivity contribution in [3.05, 3.63) is 54.1 Å². The minimum absolute atomic E-state index is 0.117. The van der Waals surface area contributed by atoms with Crippen molar-refractivity contribution in [3.63, 3.8) is 0 Å². The smallest absolute Gasteiger partial charge is 0.321 e. The van der Waals surface area contributed by atoms with Crippen molar-refractivity contribution in [1.29, 1.82) is 0 Å². The van der Waals surface area contributed by atoms with Crippen LogP contribution in [-0.2, 0) is 30.2 Å². The van der Waals surface area contributed by atoms with E-state index in [4.69, 9.17) is 4.55 Å². The van der Waals surface area contributed by atoms with Crippen LogP contribution in [-0.4, -0.2) is 41.1 Å². The van der Waals surface area contributed by atoms with Gasteiger partial charge in [0.15, 0.2) is 0 Å². The van der Waals surface area contributed by atoms with Gasteiger partial charge in [-0.1, -0.05) is 16.3 Å². The maximum Gasteiger partial charge on any atom is 0.442 e. The van der Waals surface area contributed by atoms with Crippen LogP contribution in [0.2, 0.25) is 0 Å². The summed E-state index contributed by atoms with van der Waals surface area (Å²) in [6, 6.07) is -2.88. The molecular weight excluding hydrogens is 518 g/mol. The Bertz CT molecular complexity index is 1340. The summed E-state index contributed by atoms with van der Waals surface area (Å²) < 4.78 is 162. The predicted octanol–water partition coefficient (Wildman–Crippen LogP) is 2.12. The zero-order valence-electron chi connectivity index (χ0n) is 14.9. The lowest BCUT2D eigenvalue weighted by Gasteiger charge is -2.27. The van der Waals surface area contributed by atoms with Crippen LogP contribution in [0.4, 0.5) is 32.0 Å². The molecule has 0 atom stereocenters. The molecule has 0 bridgehead atoms. The normalized spacial score (nSPS) is 13.7. The SMILES string of the molecule is O=S(=O)(O)c1ccccc1S(=O)(=O)NS(=O)(=O)C(F)(F)C(F)(F)Nc1cc(F)cc(F)c1. The summed E-state index contributed by atoms with van der Waals surface area (Å²) in [4.78, 5) is -2.99. The maximum absolute atomic E-state index is 14.2. The Morgan fingerprint density at radius 3 is 1.72 bits per heavy atom. The Kier molecular flexibility index (Phi) is 6.60. The Labute approximate surface area is 176 Å². The van der Waals surface area contributed by atoms with Crippen LogP contribution in [0.25, 0.3) is 0 Å². The minimum Gasteiger partial charge on any atom is -0.321 e. The molecular formula is C14H10F6N2O7S3. The van der Waals surface area contributed by atoms with Gasteiger partial charge in [-0.3, -0.25) is 4.55 Å². The van der Waals surface area contributed by atoms with E-state index in [0.717, 1.165) is 12.1 Å². The van der Waals surface area contributed by atoms with E-state index in [1.807, 2.05) is 0 Å². The van der Waals surface area contributed by atoms with E-state index in [1.54, 1.807) is 0 Å². The number of hydrogen-bond acceptors (Lipinski definition) is 7. The standard InChI is InChI=1S/C14H10F6N2O7S3/c15-8-5-9(16)7-10(6-8)21-13(17,18)14(19,20)32(28,29)22-30(23,24)11-3-1-2-4-12(11)31(25,26)27/h1-7,21-22H,(H,25,26,27). The first-order chi connectivity index (χ1) is 14.3. The van der Waals surface area contributed by atoms with Gasteiger partial charge in [-0.05, 0) is 24.3 Å². The summed E-state index contributed by atoms with van der Waals surface area (Å²) in [5, 5.41) is -5.68. The van der Waals surface area contributed by atoms with Gasteiger partial charge >= 0.3 is 11.3 Å². The fourth-order valence-corrected chi connectivity index (χ4v) is 6.31. The average molecular weight is 528 g/mol. The summed E-state index contributed by atoms with van der Waals surface area (Å²) in [7, 11) is -18.0. The number of hydrogen-bond donors (Lipinski definition) is 3. The Balaban J connectivity index is 2.48. The second-order valence-corrected chi connectivity index (χ2v) is 10.9. The lowest BCUT2D eigenvalue weighted by atomic mass is 10.3. The molecule has 0 heterocycles. The topological polar surface area (TPSA) is 147 Å². The van der Waals surface area contributed by atoms with Crippen LogP contribution in [0.1, 0.15) is 0 Å². The van der Waals surface area contributed by atoms with Crippen molar-refractivity contribution in [2.24, 2.45) is 0 Å². The Morgan fingerprint density at radius 2 is 1.25 bits per heavy atom. The molecule has 2 aromatic carbocycles. The molecule has 0 saturated heterocycles. The first kappa shape index (κ1) is 25.8. The van der Waals surface area contributed by atoms with Crippen LogP contribution >= 0.6 is 0 Å². The highest BCUT2D eigenvalue weighted by Gasteiger charge is 2.67. The first-order valence-electron chi connectivity index (χ1n) is 7.65. The highest BCUT2D eigenvalue weighted by atomic mass is 32.3. The lowest BCUT2D eigenvalue weighted by molar-refractivity contribution is -0.136. The van der Waals surface area contributed by atoms with Crippen LogP contribution in [0, 0.1) is 11.6 Å². The van der Waals surface area contributed by atoms with Crippen molar-refractivity contribution in [2.45, 2.75) is 21.1 Å². The van der Waals surface area contributed by atoms with Crippen LogP contribution < -0.4 is 9.44 Å². The number of alkyl halides is 4. The number of sulfonamides is 2. The molecule has 2 rings (SSSR count). The summed E-state index contributed by atoms with van der Waals surface area (Å²) in [6.07, 6.45) is 0. The quantitative estimate of drug-likeness (QED) is 0.268. The van der Waals surface area contributed by atoms with Gasteiger partial charge in [0.2, 0.25) is 0 Å². The predicted molar refractivity (Wildman–Crippen MR) is 95.4 cm³/mol. The number of halogens is 6. The van der Waals surface area contributed by atoms with E-state index >= 15 is 0 Å². The van der Waals surface area contributed by atoms with Crippen LogP contribution in [0.3, 0.4) is 0 Å². The van der Waals surface area contributed by atoms with E-state index in [0.29, 0.717) is 17.4 Å². The third kappa shape index (κ3) is 5.14. The zero-order chi connectivity index (χ0) is 24.8. The molecule has 0 unspecified atom stereocenters. The highest BCUT2D eigenvalue weighted by Crippen LogP contribution is 2.39.